The SMILES string of the molecule is C[C@@H](O)[C@H]1C(=O)N2C(C(=O)O)=C(S[C@H]3C[C@@H](C=O)N(Nc4ccc(N(C)C)cc4)C3)[C@H](C)[C@H]12. The predicted octanol–water partition coefficient (Wildman–Crippen LogP) is 1.61. The second kappa shape index (κ2) is 9.00. The Balaban J connectivity index is 1.49. The number of aliphatic carboxylic acids is 1. The number of amides is 1. The maximum atomic E-state index is 12.5. The standard InChI is InChI=1S/C23H30N4O5S/c1-12-19-18(13(2)29)22(30)27(19)20(23(31)32)21(12)33-17-9-16(11-28)26(10-17)24-14-5-7-15(8-6-14)25(3)4/h5-8,11-13,16-19,24,29H,9-10H2,1-4H3,(H,31,32)/t12-,13-,16+,17+,18-,19-/m1/s1. The van der Waals surface area contributed by atoms with Crippen LogP contribution in [0.1, 0.15) is 20.3 Å². The van der Waals surface area contributed by atoms with Gasteiger partial charge in [-0.25, -0.2) is 9.80 Å². The molecule has 0 unspecified atom stereocenters. The fourth-order valence-corrected chi connectivity index (χ4v) is 6.57. The van der Waals surface area contributed by atoms with Crippen molar-refractivity contribution in [2.75, 3.05) is 31.0 Å². The van der Waals surface area contributed by atoms with Crippen molar-refractivity contribution in [1.82, 2.24) is 9.91 Å². The molecule has 6 atom stereocenters. The highest BCUT2D eigenvalue weighted by Gasteiger charge is 2.60. The molecule has 3 N–H and O–H groups in total. The molecule has 0 radical (unpaired) electrons. The summed E-state index contributed by atoms with van der Waals surface area (Å²) < 4.78 is 0. The number of nitrogens with zero attached hydrogens (tertiary/aromatic N) is 3. The lowest BCUT2D eigenvalue weighted by Gasteiger charge is -2.46. The third-order valence-corrected chi connectivity index (χ3v) is 8.22. The Morgan fingerprint density at radius 1 is 1.30 bits per heavy atom. The van der Waals surface area contributed by atoms with E-state index in [0.29, 0.717) is 17.9 Å². The number of hydrazine groups is 1. The minimum absolute atomic E-state index is 0.0145. The molecule has 3 heterocycles. The van der Waals surface area contributed by atoms with Crippen LogP contribution < -0.4 is 10.3 Å². The van der Waals surface area contributed by atoms with Crippen LogP contribution in [0.2, 0.25) is 0 Å². The molecular formula is C23H30N4O5S. The molecule has 178 valence electrons. The Hall–Kier alpha value is -2.56. The fraction of sp³-hybridized carbons (Fsp3) is 0.522. The summed E-state index contributed by atoms with van der Waals surface area (Å²) >= 11 is 1.44. The van der Waals surface area contributed by atoms with Crippen LogP contribution in [-0.4, -0.2) is 82.4 Å². The van der Waals surface area contributed by atoms with Crippen molar-refractivity contribution < 1.29 is 24.6 Å². The summed E-state index contributed by atoms with van der Waals surface area (Å²) in [7, 11) is 3.94. The molecule has 0 spiro atoms. The number of anilines is 2. The lowest BCUT2D eigenvalue weighted by molar-refractivity contribution is -0.163. The molecule has 2 saturated heterocycles. The molecule has 0 saturated carbocycles. The van der Waals surface area contributed by atoms with E-state index in [0.717, 1.165) is 17.7 Å². The molecular weight excluding hydrogens is 444 g/mol. The number of carboxylic acids is 1. The van der Waals surface area contributed by atoms with Gasteiger partial charge in [0, 0.05) is 48.1 Å². The number of aliphatic hydroxyl groups excluding tert-OH is 1. The highest BCUT2D eigenvalue weighted by Crippen LogP contribution is 2.52. The number of rotatable bonds is 8. The van der Waals surface area contributed by atoms with Gasteiger partial charge >= 0.3 is 5.97 Å². The van der Waals surface area contributed by atoms with E-state index in [1.807, 2.05) is 55.2 Å². The number of aliphatic hydroxyl groups is 1. The zero-order valence-corrected chi connectivity index (χ0v) is 20.0. The number of nitrogens with one attached hydrogen (secondary N) is 1. The zero-order valence-electron chi connectivity index (χ0n) is 19.1. The Labute approximate surface area is 197 Å². The van der Waals surface area contributed by atoms with E-state index in [9.17, 15) is 24.6 Å². The number of hydrogen-bond acceptors (Lipinski definition) is 8. The first kappa shape index (κ1) is 23.6. The van der Waals surface area contributed by atoms with Gasteiger partial charge in [0.1, 0.15) is 12.0 Å². The average molecular weight is 475 g/mol. The van der Waals surface area contributed by atoms with Gasteiger partial charge in [0.15, 0.2) is 0 Å². The smallest absolute Gasteiger partial charge is 0.353 e. The van der Waals surface area contributed by atoms with Crippen molar-refractivity contribution in [3.05, 3.63) is 34.9 Å². The van der Waals surface area contributed by atoms with Crippen LogP contribution in [0.3, 0.4) is 0 Å². The minimum atomic E-state index is -1.13. The fourth-order valence-electron chi connectivity index (χ4n) is 5.03. The molecule has 4 rings (SSSR count). The van der Waals surface area contributed by atoms with E-state index in [1.165, 1.54) is 16.7 Å². The third kappa shape index (κ3) is 4.11. The maximum absolute atomic E-state index is 12.5. The van der Waals surface area contributed by atoms with Gasteiger partial charge in [-0.05, 0) is 37.6 Å². The summed E-state index contributed by atoms with van der Waals surface area (Å²) in [6.45, 7) is 4.02. The topological polar surface area (TPSA) is 113 Å². The van der Waals surface area contributed by atoms with Gasteiger partial charge < -0.3 is 30.2 Å². The number of fused-ring (bicyclic) bond motifs is 1. The number of hydrogen-bond donors (Lipinski definition) is 3. The van der Waals surface area contributed by atoms with Gasteiger partial charge in [-0.3, -0.25) is 4.79 Å². The molecule has 1 amide bonds. The number of carboxylic acid groups (broad SMARTS) is 1. The van der Waals surface area contributed by atoms with Crippen LogP contribution in [0.5, 0.6) is 0 Å². The summed E-state index contributed by atoms with van der Waals surface area (Å²) in [6, 6.07) is 7.21. The number of benzene rings is 1. The predicted molar refractivity (Wildman–Crippen MR) is 127 cm³/mol. The Morgan fingerprint density at radius 3 is 2.52 bits per heavy atom. The summed E-state index contributed by atoms with van der Waals surface area (Å²) in [5.74, 6) is -2.24. The van der Waals surface area contributed by atoms with Crippen molar-refractivity contribution in [3.63, 3.8) is 0 Å². The molecule has 33 heavy (non-hydrogen) atoms. The molecule has 0 bridgehead atoms. The van der Waals surface area contributed by atoms with Crippen molar-refractivity contribution in [1.29, 1.82) is 0 Å². The second-order valence-electron chi connectivity index (χ2n) is 9.16. The summed E-state index contributed by atoms with van der Waals surface area (Å²) in [5, 5.41) is 21.7. The number of carbonyl (C=O) groups excluding carboxylic acids is 2. The molecule has 1 aromatic carbocycles. The molecule has 0 aromatic heterocycles. The van der Waals surface area contributed by atoms with Crippen LogP contribution in [0.15, 0.2) is 34.9 Å². The first-order chi connectivity index (χ1) is 15.6. The highest BCUT2D eigenvalue weighted by atomic mass is 32.2. The molecule has 10 heteroatoms. The lowest BCUT2D eigenvalue weighted by atomic mass is 9.79. The molecule has 9 nitrogen and oxygen atoms in total. The van der Waals surface area contributed by atoms with Crippen molar-refractivity contribution in [2.24, 2.45) is 11.8 Å². The van der Waals surface area contributed by atoms with Crippen molar-refractivity contribution in [3.8, 4) is 0 Å². The third-order valence-electron chi connectivity index (χ3n) is 6.72. The Morgan fingerprint density at radius 2 is 1.97 bits per heavy atom. The molecule has 3 aliphatic rings. The quantitative estimate of drug-likeness (QED) is 0.382. The van der Waals surface area contributed by atoms with E-state index in [4.69, 9.17) is 0 Å². The number of aldehydes is 1. The molecule has 2 fully saturated rings. The van der Waals surface area contributed by atoms with E-state index < -0.39 is 18.0 Å². The summed E-state index contributed by atoms with van der Waals surface area (Å²) in [6.07, 6.45) is 0.649. The minimum Gasteiger partial charge on any atom is -0.477 e. The van der Waals surface area contributed by atoms with E-state index in [-0.39, 0.29) is 34.9 Å². The van der Waals surface area contributed by atoms with Crippen LogP contribution in [-0.2, 0) is 14.4 Å². The van der Waals surface area contributed by atoms with Crippen LogP contribution >= 0.6 is 11.8 Å². The van der Waals surface area contributed by atoms with Gasteiger partial charge in [0.05, 0.1) is 24.1 Å². The maximum Gasteiger partial charge on any atom is 0.353 e. The number of carbonyl (C=O) groups is 3. The van der Waals surface area contributed by atoms with E-state index >= 15 is 0 Å². The number of β-lactam (4-membered cyclic amide) rings is 1. The monoisotopic (exact) mass is 474 g/mol. The normalized spacial score (nSPS) is 30.2. The van der Waals surface area contributed by atoms with E-state index in [2.05, 4.69) is 5.43 Å². The lowest BCUT2D eigenvalue weighted by Crippen LogP contribution is -2.63. The van der Waals surface area contributed by atoms with Crippen molar-refractivity contribution >= 4 is 41.3 Å². The van der Waals surface area contributed by atoms with Gasteiger partial charge in [-0.15, -0.1) is 11.8 Å². The van der Waals surface area contributed by atoms with Gasteiger partial charge in [-0.1, -0.05) is 6.92 Å². The first-order valence-corrected chi connectivity index (χ1v) is 11.9. The van der Waals surface area contributed by atoms with Gasteiger partial charge in [0.25, 0.3) is 0 Å². The Kier molecular flexibility index (Phi) is 6.43. The first-order valence-electron chi connectivity index (χ1n) is 11.0. The average Bonchev–Trinajstić information content (AvgIpc) is 3.25. The largest absolute Gasteiger partial charge is 0.477 e. The Bertz CT molecular complexity index is 980. The second-order valence-corrected chi connectivity index (χ2v) is 10.5. The number of thioether (sulfide) groups is 1. The van der Waals surface area contributed by atoms with Crippen LogP contribution in [0.25, 0.3) is 0 Å². The highest BCUT2D eigenvalue weighted by molar-refractivity contribution is 8.03. The molecule has 1 aromatic rings. The van der Waals surface area contributed by atoms with Crippen LogP contribution in [0.4, 0.5) is 11.4 Å². The summed E-state index contributed by atoms with van der Waals surface area (Å²) in [4.78, 5) is 40.3. The molecule has 0 aliphatic carbocycles. The van der Waals surface area contributed by atoms with Gasteiger partial charge in [-0.2, -0.15) is 0 Å². The summed E-state index contributed by atoms with van der Waals surface area (Å²) in [5.41, 5.74) is 5.27. The molecule has 3 aliphatic heterocycles. The van der Waals surface area contributed by atoms with Crippen molar-refractivity contribution in [2.45, 2.75) is 43.7 Å². The van der Waals surface area contributed by atoms with E-state index in [1.54, 1.807) is 6.92 Å². The van der Waals surface area contributed by atoms with Crippen LogP contribution in [0, 0.1) is 11.8 Å². The zero-order chi connectivity index (χ0) is 24.0. The van der Waals surface area contributed by atoms with Gasteiger partial charge in [0.2, 0.25) is 5.91 Å².